The number of hydrogen-bond donors (Lipinski definition) is 0. The molecule has 0 aliphatic heterocycles. The number of allylic oxidation sites excluding steroid dienone is 4. The molecule has 0 fully saturated rings. The maximum Gasteiger partial charge on any atom is 0.00769 e. The summed E-state index contributed by atoms with van der Waals surface area (Å²) in [6, 6.07) is 6.69. The lowest BCUT2D eigenvalue weighted by Crippen LogP contribution is -2.11. The normalized spacial score (nSPS) is 14.4. The minimum atomic E-state index is 0.529. The van der Waals surface area contributed by atoms with Gasteiger partial charge in [-0.3, -0.25) is 0 Å². The van der Waals surface area contributed by atoms with Crippen molar-refractivity contribution in [1.29, 1.82) is 0 Å². The molecule has 0 aromatic heterocycles. The zero-order valence-electron chi connectivity index (χ0n) is 13.3. The van der Waals surface area contributed by atoms with Crippen LogP contribution < -0.4 is 0 Å². The van der Waals surface area contributed by atoms with Crippen molar-refractivity contribution in [3.63, 3.8) is 0 Å². The zero-order chi connectivity index (χ0) is 14.4. The van der Waals surface area contributed by atoms with E-state index in [1.165, 1.54) is 22.3 Å². The van der Waals surface area contributed by atoms with Crippen molar-refractivity contribution in [2.75, 3.05) is 0 Å². The van der Waals surface area contributed by atoms with Gasteiger partial charge in [-0.15, -0.1) is 0 Å². The summed E-state index contributed by atoms with van der Waals surface area (Å²) in [6.45, 7) is 13.4. The molecule has 0 nitrogen and oxygen atoms in total. The molecule has 0 saturated heterocycles. The first kappa shape index (κ1) is 15.8. The molecule has 0 bridgehead atoms. The Bertz CT molecular complexity index is 461. The van der Waals surface area contributed by atoms with E-state index in [-0.39, 0.29) is 0 Å². The monoisotopic (exact) mass is 256 g/mol. The first-order valence-electron chi connectivity index (χ1n) is 7.40. The average Bonchev–Trinajstić information content (AvgIpc) is 2.38. The van der Waals surface area contributed by atoms with Crippen LogP contribution in [-0.4, -0.2) is 0 Å². The largest absolute Gasteiger partial charge is 0.0877 e. The van der Waals surface area contributed by atoms with Gasteiger partial charge in [-0.2, -0.15) is 0 Å². The predicted octanol–water partition coefficient (Wildman–Crippen LogP) is 5.96. The molecular formula is C19H28. The third-order valence-electron chi connectivity index (χ3n) is 3.96. The fraction of sp³-hybridized carbons (Fsp3) is 0.474. The van der Waals surface area contributed by atoms with Crippen LogP contribution in [0.4, 0.5) is 0 Å². The van der Waals surface area contributed by atoms with E-state index in [2.05, 4.69) is 78.0 Å². The van der Waals surface area contributed by atoms with Crippen LogP contribution in [-0.2, 0) is 0 Å². The number of rotatable bonds is 5. The Kier molecular flexibility index (Phi) is 6.08. The van der Waals surface area contributed by atoms with Crippen LogP contribution in [0.1, 0.15) is 56.7 Å². The van der Waals surface area contributed by atoms with Crippen LogP contribution in [0, 0.1) is 19.8 Å². The lowest BCUT2D eigenvalue weighted by Gasteiger charge is -2.26. The third-order valence-corrected chi connectivity index (χ3v) is 3.96. The smallest absolute Gasteiger partial charge is 0.00769 e. The van der Waals surface area contributed by atoms with E-state index in [0.29, 0.717) is 11.8 Å². The molecular weight excluding hydrogens is 228 g/mol. The first-order chi connectivity index (χ1) is 9.02. The number of aryl methyl sites for hydroxylation is 1. The first-order valence-corrected chi connectivity index (χ1v) is 7.40. The number of hydrogen-bond acceptors (Lipinski definition) is 0. The highest BCUT2D eigenvalue weighted by molar-refractivity contribution is 5.40. The van der Waals surface area contributed by atoms with Crippen LogP contribution in [0.2, 0.25) is 0 Å². The van der Waals surface area contributed by atoms with E-state index in [1.807, 2.05) is 0 Å². The number of benzene rings is 1. The summed E-state index contributed by atoms with van der Waals surface area (Å²) in [4.78, 5) is 0. The van der Waals surface area contributed by atoms with Crippen molar-refractivity contribution in [3.8, 4) is 0 Å². The summed E-state index contributed by atoms with van der Waals surface area (Å²) in [7, 11) is 0. The zero-order valence-corrected chi connectivity index (χ0v) is 13.3. The van der Waals surface area contributed by atoms with Gasteiger partial charge >= 0.3 is 0 Å². The topological polar surface area (TPSA) is 0 Å². The SMILES string of the molecule is CC=CC=C(CC)C(c1cccc(C)c1C)C(C)C. The molecule has 0 amide bonds. The molecule has 0 radical (unpaired) electrons. The molecule has 0 aliphatic rings. The highest BCUT2D eigenvalue weighted by Crippen LogP contribution is 2.36. The Morgan fingerprint density at radius 2 is 1.89 bits per heavy atom. The van der Waals surface area contributed by atoms with Crippen LogP contribution in [0.15, 0.2) is 42.0 Å². The van der Waals surface area contributed by atoms with Gasteiger partial charge in [0.05, 0.1) is 0 Å². The van der Waals surface area contributed by atoms with Crippen molar-refractivity contribution in [1.82, 2.24) is 0 Å². The molecule has 0 heterocycles. The van der Waals surface area contributed by atoms with Gasteiger partial charge in [0.15, 0.2) is 0 Å². The minimum absolute atomic E-state index is 0.529. The molecule has 0 N–H and O–H groups in total. The third kappa shape index (κ3) is 3.83. The Morgan fingerprint density at radius 1 is 1.21 bits per heavy atom. The highest BCUT2D eigenvalue weighted by atomic mass is 14.3. The molecule has 1 rings (SSSR count). The van der Waals surface area contributed by atoms with Crippen molar-refractivity contribution in [2.24, 2.45) is 5.92 Å². The van der Waals surface area contributed by atoms with Gasteiger partial charge in [0.1, 0.15) is 0 Å². The molecule has 1 unspecified atom stereocenters. The standard InChI is InChI=1S/C19H28/c1-7-9-12-17(8-2)19(14(3)4)18-13-10-11-15(5)16(18)6/h7,9-14,19H,8H2,1-6H3. The molecule has 1 aromatic carbocycles. The van der Waals surface area contributed by atoms with Gasteiger partial charge in [-0.05, 0) is 49.8 Å². The molecule has 0 heteroatoms. The lowest BCUT2D eigenvalue weighted by molar-refractivity contribution is 0.542. The van der Waals surface area contributed by atoms with Gasteiger partial charge in [0, 0.05) is 5.92 Å². The molecule has 0 spiro atoms. The Balaban J connectivity index is 3.31. The molecule has 1 atom stereocenters. The molecule has 0 aliphatic carbocycles. The average molecular weight is 256 g/mol. The van der Waals surface area contributed by atoms with E-state index < -0.39 is 0 Å². The lowest BCUT2D eigenvalue weighted by atomic mass is 9.78. The van der Waals surface area contributed by atoms with Crippen LogP contribution in [0.25, 0.3) is 0 Å². The van der Waals surface area contributed by atoms with Crippen molar-refractivity contribution < 1.29 is 0 Å². The fourth-order valence-electron chi connectivity index (χ4n) is 2.76. The van der Waals surface area contributed by atoms with Gasteiger partial charge in [0.2, 0.25) is 0 Å². The minimum Gasteiger partial charge on any atom is -0.0877 e. The maximum atomic E-state index is 2.33. The fourth-order valence-corrected chi connectivity index (χ4v) is 2.76. The molecule has 19 heavy (non-hydrogen) atoms. The van der Waals surface area contributed by atoms with Crippen LogP contribution in [0.3, 0.4) is 0 Å². The Morgan fingerprint density at radius 3 is 2.42 bits per heavy atom. The Labute approximate surface area is 119 Å². The van der Waals surface area contributed by atoms with E-state index in [4.69, 9.17) is 0 Å². The summed E-state index contributed by atoms with van der Waals surface area (Å²) in [5, 5.41) is 0. The quantitative estimate of drug-likeness (QED) is 0.570. The molecule has 104 valence electrons. The van der Waals surface area contributed by atoms with E-state index in [9.17, 15) is 0 Å². The summed E-state index contributed by atoms with van der Waals surface area (Å²) in [6.07, 6.45) is 7.68. The van der Waals surface area contributed by atoms with Crippen LogP contribution in [0.5, 0.6) is 0 Å². The van der Waals surface area contributed by atoms with Gasteiger partial charge in [0.25, 0.3) is 0 Å². The van der Waals surface area contributed by atoms with Crippen molar-refractivity contribution in [2.45, 2.75) is 53.9 Å². The van der Waals surface area contributed by atoms with Gasteiger partial charge < -0.3 is 0 Å². The Hall–Kier alpha value is -1.30. The van der Waals surface area contributed by atoms with E-state index in [1.54, 1.807) is 0 Å². The second-order valence-corrected chi connectivity index (χ2v) is 5.63. The van der Waals surface area contributed by atoms with Crippen molar-refractivity contribution >= 4 is 0 Å². The second-order valence-electron chi connectivity index (χ2n) is 5.63. The van der Waals surface area contributed by atoms with E-state index >= 15 is 0 Å². The molecule has 1 aromatic rings. The van der Waals surface area contributed by atoms with Crippen molar-refractivity contribution in [3.05, 3.63) is 58.7 Å². The predicted molar refractivity (Wildman–Crippen MR) is 86.7 cm³/mol. The summed E-state index contributed by atoms with van der Waals surface area (Å²) in [5.74, 6) is 1.15. The molecule has 0 saturated carbocycles. The van der Waals surface area contributed by atoms with Gasteiger partial charge in [-0.25, -0.2) is 0 Å². The van der Waals surface area contributed by atoms with E-state index in [0.717, 1.165) is 6.42 Å². The maximum absolute atomic E-state index is 2.33. The summed E-state index contributed by atoms with van der Waals surface area (Å²) < 4.78 is 0. The summed E-state index contributed by atoms with van der Waals surface area (Å²) in [5.41, 5.74) is 5.86. The highest BCUT2D eigenvalue weighted by Gasteiger charge is 2.21. The summed E-state index contributed by atoms with van der Waals surface area (Å²) >= 11 is 0. The second kappa shape index (κ2) is 7.33. The van der Waals surface area contributed by atoms with Crippen LogP contribution >= 0.6 is 0 Å². The van der Waals surface area contributed by atoms with Gasteiger partial charge in [-0.1, -0.05) is 62.8 Å².